The van der Waals surface area contributed by atoms with E-state index >= 15 is 0 Å². The predicted octanol–water partition coefficient (Wildman–Crippen LogP) is 0.502. The second-order valence-corrected chi connectivity index (χ2v) is 3.66. The third-order valence-corrected chi connectivity index (χ3v) is 2.54. The number of hydrogen-bond donors (Lipinski definition) is 2. The fourth-order valence-corrected chi connectivity index (χ4v) is 1.70. The minimum absolute atomic E-state index is 0.0324. The molecule has 0 aliphatic carbocycles. The predicted molar refractivity (Wildman–Crippen MR) is 56.1 cm³/mol. The first-order valence-electron chi connectivity index (χ1n) is 5.00. The van der Waals surface area contributed by atoms with Crippen molar-refractivity contribution < 1.29 is 19.4 Å². The smallest absolute Gasteiger partial charge is 0.334 e. The van der Waals surface area contributed by atoms with E-state index in [0.717, 1.165) is 0 Å². The molecule has 1 heterocycles. The summed E-state index contributed by atoms with van der Waals surface area (Å²) in [5.74, 6) is -0.0122. The molecule has 5 nitrogen and oxygen atoms in total. The molecule has 2 rings (SSSR count). The van der Waals surface area contributed by atoms with E-state index in [1.807, 2.05) is 0 Å². The third kappa shape index (κ3) is 1.49. The number of fused-ring (bicyclic) bond motifs is 1. The van der Waals surface area contributed by atoms with Crippen LogP contribution in [-0.4, -0.2) is 24.3 Å². The van der Waals surface area contributed by atoms with Gasteiger partial charge in [0.2, 0.25) is 0 Å². The standard InChI is InChI=1S/C11H13NO4/c1-2-15-10(14)11(12)6-16-9-5-7(13)3-4-8(9)11/h3-5,13H,2,6,12H2,1H3. The van der Waals surface area contributed by atoms with Gasteiger partial charge in [-0.1, -0.05) is 0 Å². The third-order valence-electron chi connectivity index (χ3n) is 2.54. The molecule has 0 bridgehead atoms. The first-order chi connectivity index (χ1) is 7.58. The Morgan fingerprint density at radius 1 is 1.69 bits per heavy atom. The van der Waals surface area contributed by atoms with Crippen LogP contribution in [-0.2, 0) is 15.1 Å². The fraction of sp³-hybridized carbons (Fsp3) is 0.364. The highest BCUT2D eigenvalue weighted by Gasteiger charge is 2.45. The number of carbonyl (C=O) groups excluding carboxylic acids is 1. The van der Waals surface area contributed by atoms with Crippen LogP contribution >= 0.6 is 0 Å². The lowest BCUT2D eigenvalue weighted by Gasteiger charge is -2.19. The molecule has 1 aromatic carbocycles. The number of carbonyl (C=O) groups is 1. The lowest BCUT2D eigenvalue weighted by atomic mass is 9.93. The van der Waals surface area contributed by atoms with E-state index in [4.69, 9.17) is 15.2 Å². The number of rotatable bonds is 2. The quantitative estimate of drug-likeness (QED) is 0.713. The Hall–Kier alpha value is -1.75. The van der Waals surface area contributed by atoms with Gasteiger partial charge in [0.1, 0.15) is 18.1 Å². The number of esters is 1. The highest BCUT2D eigenvalue weighted by molar-refractivity contribution is 5.84. The molecule has 0 saturated carbocycles. The van der Waals surface area contributed by atoms with Crippen molar-refractivity contribution in [2.24, 2.45) is 5.73 Å². The van der Waals surface area contributed by atoms with E-state index in [1.165, 1.54) is 12.1 Å². The number of benzene rings is 1. The summed E-state index contributed by atoms with van der Waals surface area (Å²) in [6.45, 7) is 2.02. The highest BCUT2D eigenvalue weighted by Crippen LogP contribution is 2.38. The van der Waals surface area contributed by atoms with E-state index in [0.29, 0.717) is 11.3 Å². The summed E-state index contributed by atoms with van der Waals surface area (Å²) < 4.78 is 10.2. The molecule has 86 valence electrons. The highest BCUT2D eigenvalue weighted by atomic mass is 16.5. The minimum atomic E-state index is -1.26. The van der Waals surface area contributed by atoms with Crippen LogP contribution in [0.25, 0.3) is 0 Å². The zero-order chi connectivity index (χ0) is 11.8. The molecular formula is C11H13NO4. The fourth-order valence-electron chi connectivity index (χ4n) is 1.70. The van der Waals surface area contributed by atoms with E-state index in [2.05, 4.69) is 0 Å². The van der Waals surface area contributed by atoms with E-state index in [9.17, 15) is 9.90 Å². The summed E-state index contributed by atoms with van der Waals surface area (Å²) >= 11 is 0. The number of nitrogens with two attached hydrogens (primary N) is 1. The van der Waals surface area contributed by atoms with Gasteiger partial charge in [-0.25, -0.2) is 4.79 Å². The van der Waals surface area contributed by atoms with Crippen LogP contribution in [0, 0.1) is 0 Å². The van der Waals surface area contributed by atoms with Crippen LogP contribution in [0.4, 0.5) is 0 Å². The summed E-state index contributed by atoms with van der Waals surface area (Å²) in [5, 5.41) is 9.27. The van der Waals surface area contributed by atoms with Crippen molar-refractivity contribution in [3.8, 4) is 11.5 Å². The first kappa shape index (κ1) is 10.8. The Balaban J connectivity index is 2.38. The molecule has 0 spiro atoms. The van der Waals surface area contributed by atoms with Gasteiger partial charge in [-0.15, -0.1) is 0 Å². The van der Waals surface area contributed by atoms with Crippen LogP contribution in [0.2, 0.25) is 0 Å². The molecular weight excluding hydrogens is 210 g/mol. The van der Waals surface area contributed by atoms with Gasteiger partial charge in [0.05, 0.1) is 6.61 Å². The molecule has 5 heteroatoms. The molecule has 0 fully saturated rings. The van der Waals surface area contributed by atoms with Crippen LogP contribution in [0.3, 0.4) is 0 Å². The Morgan fingerprint density at radius 3 is 3.12 bits per heavy atom. The Morgan fingerprint density at radius 2 is 2.44 bits per heavy atom. The van der Waals surface area contributed by atoms with Crippen molar-refractivity contribution in [1.29, 1.82) is 0 Å². The zero-order valence-electron chi connectivity index (χ0n) is 8.90. The molecule has 1 atom stereocenters. The zero-order valence-corrected chi connectivity index (χ0v) is 8.90. The van der Waals surface area contributed by atoms with Gasteiger partial charge in [0.15, 0.2) is 5.54 Å². The van der Waals surface area contributed by atoms with Crippen LogP contribution in [0.15, 0.2) is 18.2 Å². The minimum Gasteiger partial charge on any atom is -0.508 e. The first-order valence-corrected chi connectivity index (χ1v) is 5.00. The van der Waals surface area contributed by atoms with E-state index in [-0.39, 0.29) is 19.0 Å². The number of phenols is 1. The lowest BCUT2D eigenvalue weighted by Crippen LogP contribution is -2.47. The molecule has 0 radical (unpaired) electrons. The molecule has 1 aliphatic rings. The van der Waals surface area contributed by atoms with Gasteiger partial charge in [0.25, 0.3) is 0 Å². The maximum Gasteiger partial charge on any atom is 0.334 e. The van der Waals surface area contributed by atoms with Gasteiger partial charge in [-0.3, -0.25) is 0 Å². The Bertz CT molecular complexity index is 432. The molecule has 0 amide bonds. The Labute approximate surface area is 92.8 Å². The van der Waals surface area contributed by atoms with Crippen molar-refractivity contribution in [3.63, 3.8) is 0 Å². The molecule has 1 unspecified atom stereocenters. The Kier molecular flexibility index (Phi) is 2.47. The summed E-state index contributed by atoms with van der Waals surface area (Å²) in [5.41, 5.74) is 5.25. The lowest BCUT2D eigenvalue weighted by molar-refractivity contribution is -0.150. The number of hydrogen-bond acceptors (Lipinski definition) is 5. The number of phenolic OH excluding ortho intramolecular Hbond substituents is 1. The van der Waals surface area contributed by atoms with Gasteiger partial charge < -0.3 is 20.3 Å². The second-order valence-electron chi connectivity index (χ2n) is 3.66. The normalized spacial score (nSPS) is 22.4. The van der Waals surface area contributed by atoms with Crippen molar-refractivity contribution in [2.75, 3.05) is 13.2 Å². The maximum absolute atomic E-state index is 11.7. The maximum atomic E-state index is 11.7. The summed E-state index contributed by atoms with van der Waals surface area (Å²) in [6.07, 6.45) is 0. The van der Waals surface area contributed by atoms with Crippen molar-refractivity contribution in [2.45, 2.75) is 12.5 Å². The van der Waals surface area contributed by atoms with Crippen molar-refractivity contribution in [1.82, 2.24) is 0 Å². The summed E-state index contributed by atoms with van der Waals surface area (Å²) in [6, 6.07) is 4.48. The summed E-state index contributed by atoms with van der Waals surface area (Å²) in [4.78, 5) is 11.7. The number of aromatic hydroxyl groups is 1. The van der Waals surface area contributed by atoms with E-state index < -0.39 is 11.5 Å². The van der Waals surface area contributed by atoms with Crippen molar-refractivity contribution >= 4 is 5.97 Å². The molecule has 0 saturated heterocycles. The molecule has 3 N–H and O–H groups in total. The van der Waals surface area contributed by atoms with Crippen LogP contribution in [0.1, 0.15) is 12.5 Å². The largest absolute Gasteiger partial charge is 0.508 e. The number of ether oxygens (including phenoxy) is 2. The van der Waals surface area contributed by atoms with Gasteiger partial charge in [-0.05, 0) is 19.1 Å². The molecule has 16 heavy (non-hydrogen) atoms. The second kappa shape index (κ2) is 3.68. The van der Waals surface area contributed by atoms with Gasteiger partial charge in [-0.2, -0.15) is 0 Å². The molecule has 1 aromatic rings. The molecule has 1 aliphatic heterocycles. The topological polar surface area (TPSA) is 81.8 Å². The van der Waals surface area contributed by atoms with Gasteiger partial charge in [0, 0.05) is 11.6 Å². The van der Waals surface area contributed by atoms with E-state index in [1.54, 1.807) is 13.0 Å². The SMILES string of the molecule is CCOC(=O)C1(N)COc2cc(O)ccc21. The molecule has 0 aromatic heterocycles. The van der Waals surface area contributed by atoms with Crippen LogP contribution in [0.5, 0.6) is 11.5 Å². The average molecular weight is 223 g/mol. The van der Waals surface area contributed by atoms with Gasteiger partial charge >= 0.3 is 5.97 Å². The monoisotopic (exact) mass is 223 g/mol. The average Bonchev–Trinajstić information content (AvgIpc) is 2.58. The van der Waals surface area contributed by atoms with Crippen LogP contribution < -0.4 is 10.5 Å². The summed E-state index contributed by atoms with van der Waals surface area (Å²) in [7, 11) is 0. The van der Waals surface area contributed by atoms with Crippen molar-refractivity contribution in [3.05, 3.63) is 23.8 Å².